The number of carboxylic acid groups (broad SMARTS) is 1. The van der Waals surface area contributed by atoms with Crippen LogP contribution in [0.4, 0.5) is 0 Å². The van der Waals surface area contributed by atoms with Crippen molar-refractivity contribution in [3.8, 4) is 11.5 Å². The van der Waals surface area contributed by atoms with Crippen molar-refractivity contribution in [2.45, 2.75) is 25.8 Å². The Morgan fingerprint density at radius 1 is 1.27 bits per heavy atom. The molecule has 1 saturated heterocycles. The number of amides is 1. The minimum atomic E-state index is -0.971. The number of carbonyl (C=O) groups is 2. The zero-order valence-electron chi connectivity index (χ0n) is 13.0. The summed E-state index contributed by atoms with van der Waals surface area (Å²) < 4.78 is 10.5. The molecule has 1 N–H and O–H groups in total. The first kappa shape index (κ1) is 16.1. The molecule has 1 heterocycles. The molecule has 0 spiro atoms. The molecule has 1 aliphatic heterocycles. The Balaban J connectivity index is 2.36. The molecule has 6 heteroatoms. The third-order valence-corrected chi connectivity index (χ3v) is 4.04. The molecule has 1 aliphatic rings. The van der Waals surface area contributed by atoms with E-state index in [1.807, 2.05) is 6.92 Å². The lowest BCUT2D eigenvalue weighted by Crippen LogP contribution is -2.49. The smallest absolute Gasteiger partial charge is 0.326 e. The molecule has 120 valence electrons. The summed E-state index contributed by atoms with van der Waals surface area (Å²) in [5.74, 6) is -0.238. The van der Waals surface area contributed by atoms with Crippen LogP contribution in [0.2, 0.25) is 0 Å². The summed E-state index contributed by atoms with van der Waals surface area (Å²) in [5, 5.41) is 9.40. The highest BCUT2D eigenvalue weighted by Crippen LogP contribution is 2.33. The molecule has 0 saturated carbocycles. The van der Waals surface area contributed by atoms with E-state index in [1.54, 1.807) is 18.2 Å². The Kier molecular flexibility index (Phi) is 4.90. The van der Waals surface area contributed by atoms with Crippen molar-refractivity contribution in [1.29, 1.82) is 0 Å². The first-order chi connectivity index (χ1) is 10.5. The number of hydrogen-bond donors (Lipinski definition) is 1. The minimum absolute atomic E-state index is 0.289. The number of nitrogens with zero attached hydrogens (tertiary/aromatic N) is 1. The third-order valence-electron chi connectivity index (χ3n) is 4.04. The number of likely N-dealkylation sites (tertiary alicyclic amines) is 1. The van der Waals surface area contributed by atoms with Crippen LogP contribution in [0.15, 0.2) is 18.2 Å². The predicted octanol–water partition coefficient (Wildman–Crippen LogP) is 2.03. The van der Waals surface area contributed by atoms with E-state index in [-0.39, 0.29) is 11.8 Å². The first-order valence-corrected chi connectivity index (χ1v) is 7.24. The van der Waals surface area contributed by atoms with Crippen molar-refractivity contribution < 1.29 is 24.2 Å². The number of carbonyl (C=O) groups excluding carboxylic acids is 1. The van der Waals surface area contributed by atoms with Crippen LogP contribution in [0.1, 0.15) is 30.1 Å². The third kappa shape index (κ3) is 3.00. The van der Waals surface area contributed by atoms with Crippen molar-refractivity contribution in [2.24, 2.45) is 5.92 Å². The van der Waals surface area contributed by atoms with E-state index in [4.69, 9.17) is 9.47 Å². The lowest BCUT2D eigenvalue weighted by atomic mass is 9.91. The molecule has 0 bridgehead atoms. The standard InChI is InChI=1S/C16H21NO5/c1-10-7-8-17(12(9-10)16(19)20)15(18)11-5-4-6-13(21-2)14(11)22-3/h4-6,10,12H,7-9H2,1-3H3,(H,19,20). The molecular weight excluding hydrogens is 286 g/mol. The highest BCUT2D eigenvalue weighted by atomic mass is 16.5. The van der Waals surface area contributed by atoms with Gasteiger partial charge in [0, 0.05) is 6.54 Å². The predicted molar refractivity (Wildman–Crippen MR) is 80.4 cm³/mol. The number of aliphatic carboxylic acids is 1. The van der Waals surface area contributed by atoms with Crippen LogP contribution < -0.4 is 9.47 Å². The van der Waals surface area contributed by atoms with Gasteiger partial charge in [0.05, 0.1) is 19.8 Å². The van der Waals surface area contributed by atoms with Gasteiger partial charge in [0.1, 0.15) is 6.04 Å². The number of benzene rings is 1. The van der Waals surface area contributed by atoms with Crippen LogP contribution in [-0.4, -0.2) is 48.7 Å². The van der Waals surface area contributed by atoms with Crippen molar-refractivity contribution >= 4 is 11.9 Å². The quantitative estimate of drug-likeness (QED) is 0.921. The van der Waals surface area contributed by atoms with Crippen LogP contribution >= 0.6 is 0 Å². The maximum absolute atomic E-state index is 12.8. The second-order valence-corrected chi connectivity index (χ2v) is 5.52. The van der Waals surface area contributed by atoms with Gasteiger partial charge in [-0.25, -0.2) is 4.79 Å². The first-order valence-electron chi connectivity index (χ1n) is 7.24. The van der Waals surface area contributed by atoms with Crippen LogP contribution in [-0.2, 0) is 4.79 Å². The molecule has 6 nitrogen and oxygen atoms in total. The van der Waals surface area contributed by atoms with Gasteiger partial charge in [-0.05, 0) is 30.9 Å². The zero-order valence-corrected chi connectivity index (χ0v) is 13.0. The molecule has 0 aromatic heterocycles. The second-order valence-electron chi connectivity index (χ2n) is 5.52. The molecule has 1 aromatic rings. The number of rotatable bonds is 4. The molecule has 2 unspecified atom stereocenters. The Morgan fingerprint density at radius 3 is 2.59 bits per heavy atom. The molecule has 0 aliphatic carbocycles. The lowest BCUT2D eigenvalue weighted by molar-refractivity contribution is -0.144. The van der Waals surface area contributed by atoms with E-state index in [1.165, 1.54) is 19.1 Å². The van der Waals surface area contributed by atoms with Gasteiger partial charge in [-0.1, -0.05) is 13.0 Å². The van der Waals surface area contributed by atoms with Crippen LogP contribution in [0, 0.1) is 5.92 Å². The highest BCUT2D eigenvalue weighted by Gasteiger charge is 2.36. The fourth-order valence-corrected chi connectivity index (χ4v) is 2.83. The van der Waals surface area contributed by atoms with Crippen molar-refractivity contribution in [1.82, 2.24) is 4.90 Å². The number of para-hydroxylation sites is 1. The minimum Gasteiger partial charge on any atom is -0.493 e. The monoisotopic (exact) mass is 307 g/mol. The number of ether oxygens (including phenoxy) is 2. The van der Waals surface area contributed by atoms with E-state index >= 15 is 0 Å². The fraction of sp³-hybridized carbons (Fsp3) is 0.500. The van der Waals surface area contributed by atoms with E-state index in [0.29, 0.717) is 30.0 Å². The van der Waals surface area contributed by atoms with Crippen LogP contribution in [0.3, 0.4) is 0 Å². The summed E-state index contributed by atoms with van der Waals surface area (Å²) in [7, 11) is 2.95. The molecule has 1 aromatic carbocycles. The van der Waals surface area contributed by atoms with Crippen molar-refractivity contribution in [2.75, 3.05) is 20.8 Å². The van der Waals surface area contributed by atoms with E-state index in [9.17, 15) is 14.7 Å². The van der Waals surface area contributed by atoms with Crippen molar-refractivity contribution in [3.05, 3.63) is 23.8 Å². The summed E-state index contributed by atoms with van der Waals surface area (Å²) >= 11 is 0. The highest BCUT2D eigenvalue weighted by molar-refractivity contribution is 5.99. The summed E-state index contributed by atoms with van der Waals surface area (Å²) in [6.07, 6.45) is 1.26. The maximum Gasteiger partial charge on any atom is 0.326 e. The van der Waals surface area contributed by atoms with Crippen LogP contribution in [0.25, 0.3) is 0 Å². The SMILES string of the molecule is COc1cccc(C(=O)N2CCC(C)CC2C(=O)O)c1OC. The fourth-order valence-electron chi connectivity index (χ4n) is 2.83. The largest absolute Gasteiger partial charge is 0.493 e. The molecule has 1 amide bonds. The number of methoxy groups -OCH3 is 2. The summed E-state index contributed by atoms with van der Waals surface area (Å²) in [5.41, 5.74) is 0.322. The molecule has 2 rings (SSSR count). The maximum atomic E-state index is 12.8. The molecule has 1 fully saturated rings. The topological polar surface area (TPSA) is 76.1 Å². The van der Waals surface area contributed by atoms with Crippen LogP contribution in [0.5, 0.6) is 11.5 Å². The van der Waals surface area contributed by atoms with Gasteiger partial charge in [0.2, 0.25) is 0 Å². The van der Waals surface area contributed by atoms with Gasteiger partial charge >= 0.3 is 5.97 Å². The Labute approximate surface area is 129 Å². The van der Waals surface area contributed by atoms with Gasteiger partial charge in [-0.2, -0.15) is 0 Å². The summed E-state index contributed by atoms with van der Waals surface area (Å²) in [6.45, 7) is 2.43. The van der Waals surface area contributed by atoms with E-state index in [2.05, 4.69) is 0 Å². The Bertz CT molecular complexity index is 572. The number of piperidine rings is 1. The van der Waals surface area contributed by atoms with Gasteiger partial charge in [-0.15, -0.1) is 0 Å². The molecule has 0 radical (unpaired) electrons. The summed E-state index contributed by atoms with van der Waals surface area (Å²) in [6, 6.07) is 4.22. The number of hydrogen-bond acceptors (Lipinski definition) is 4. The lowest BCUT2D eigenvalue weighted by Gasteiger charge is -2.36. The van der Waals surface area contributed by atoms with E-state index in [0.717, 1.165) is 6.42 Å². The van der Waals surface area contributed by atoms with Gasteiger partial charge in [0.25, 0.3) is 5.91 Å². The number of carboxylic acids is 1. The average molecular weight is 307 g/mol. The van der Waals surface area contributed by atoms with Gasteiger partial charge in [0.15, 0.2) is 11.5 Å². The summed E-state index contributed by atoms with van der Waals surface area (Å²) in [4.78, 5) is 25.7. The van der Waals surface area contributed by atoms with Crippen molar-refractivity contribution in [3.63, 3.8) is 0 Å². The average Bonchev–Trinajstić information content (AvgIpc) is 2.53. The molecule has 2 atom stereocenters. The van der Waals surface area contributed by atoms with Gasteiger partial charge in [-0.3, -0.25) is 4.79 Å². The zero-order chi connectivity index (χ0) is 16.3. The molecular formula is C16H21NO5. The Hall–Kier alpha value is -2.24. The molecule has 22 heavy (non-hydrogen) atoms. The van der Waals surface area contributed by atoms with E-state index < -0.39 is 12.0 Å². The van der Waals surface area contributed by atoms with Gasteiger partial charge < -0.3 is 19.5 Å². The Morgan fingerprint density at radius 2 is 2.00 bits per heavy atom. The second kappa shape index (κ2) is 6.68. The normalized spacial score (nSPS) is 21.3.